The molecule has 24 heavy (non-hydrogen) atoms. The average molecular weight is 445 g/mol. The molecule has 2 aromatic rings. The van der Waals surface area contributed by atoms with Crippen LogP contribution in [-0.2, 0) is 6.54 Å². The lowest BCUT2D eigenvalue weighted by molar-refractivity contribution is 0.355. The number of nitrogens with zero attached hydrogens (tertiary/aromatic N) is 1. The Kier molecular flexibility index (Phi) is 8.31. The number of benzene rings is 2. The molecule has 2 rings (SSSR count). The van der Waals surface area contributed by atoms with Crippen LogP contribution >= 0.6 is 24.0 Å². The predicted octanol–water partition coefficient (Wildman–Crippen LogP) is 3.65. The fourth-order valence-corrected chi connectivity index (χ4v) is 2.05. The quantitative estimate of drug-likeness (QED) is 0.419. The number of rotatable bonds is 5. The number of guanidine groups is 1. The number of nitrogens with one attached hydrogen (secondary N) is 2. The maximum Gasteiger partial charge on any atom is 0.195 e. The van der Waals surface area contributed by atoms with Gasteiger partial charge in [-0.2, -0.15) is 0 Å². The van der Waals surface area contributed by atoms with Crippen LogP contribution in [0.25, 0.3) is 0 Å². The van der Waals surface area contributed by atoms with Crippen LogP contribution < -0.4 is 20.1 Å². The number of hydrogen-bond donors (Lipinski definition) is 2. The van der Waals surface area contributed by atoms with Crippen LogP contribution in [0.15, 0.2) is 47.5 Å². The molecule has 5 nitrogen and oxygen atoms in total. The van der Waals surface area contributed by atoms with E-state index in [1.54, 1.807) is 51.6 Å². The van der Waals surface area contributed by atoms with Gasteiger partial charge in [0.15, 0.2) is 17.5 Å². The largest absolute Gasteiger partial charge is 0.493 e. The maximum absolute atomic E-state index is 13.6. The second-order valence-corrected chi connectivity index (χ2v) is 4.71. The lowest BCUT2D eigenvalue weighted by Gasteiger charge is -2.14. The number of methoxy groups -OCH3 is 2. The van der Waals surface area contributed by atoms with E-state index in [9.17, 15) is 4.39 Å². The van der Waals surface area contributed by atoms with Gasteiger partial charge in [-0.15, -0.1) is 24.0 Å². The minimum atomic E-state index is -0.249. The van der Waals surface area contributed by atoms with E-state index in [-0.39, 0.29) is 29.8 Å². The molecule has 0 aliphatic heterocycles. The first-order valence-electron chi connectivity index (χ1n) is 7.11. The molecule has 2 N–H and O–H groups in total. The average Bonchev–Trinajstić information content (AvgIpc) is 2.59. The fourth-order valence-electron chi connectivity index (χ4n) is 2.05. The summed E-state index contributed by atoms with van der Waals surface area (Å²) in [6, 6.07) is 12.1. The normalized spacial score (nSPS) is 10.6. The molecular weight excluding hydrogens is 424 g/mol. The van der Waals surface area contributed by atoms with Gasteiger partial charge in [0, 0.05) is 30.9 Å². The summed E-state index contributed by atoms with van der Waals surface area (Å²) in [4.78, 5) is 4.13. The van der Waals surface area contributed by atoms with Crippen molar-refractivity contribution in [2.24, 2.45) is 4.99 Å². The molecule has 7 heteroatoms. The van der Waals surface area contributed by atoms with Crippen molar-refractivity contribution in [3.05, 3.63) is 53.8 Å². The Morgan fingerprint density at radius 2 is 1.79 bits per heavy atom. The maximum atomic E-state index is 13.6. The van der Waals surface area contributed by atoms with Crippen molar-refractivity contribution in [3.63, 3.8) is 0 Å². The molecule has 0 aliphatic rings. The highest BCUT2D eigenvalue weighted by Gasteiger charge is 2.07. The number of halogens is 2. The Morgan fingerprint density at radius 1 is 1.08 bits per heavy atom. The predicted molar refractivity (Wildman–Crippen MR) is 105 cm³/mol. The highest BCUT2D eigenvalue weighted by Crippen LogP contribution is 2.29. The van der Waals surface area contributed by atoms with Crippen LogP contribution in [-0.4, -0.2) is 27.2 Å². The van der Waals surface area contributed by atoms with Gasteiger partial charge < -0.3 is 20.1 Å². The summed E-state index contributed by atoms with van der Waals surface area (Å²) in [5.41, 5.74) is 1.35. The Balaban J connectivity index is 0.00000288. The third kappa shape index (κ3) is 5.26. The SMILES string of the molecule is CN=C(NCc1ccccc1F)Nc1ccc(OC)c(OC)c1.I. The summed E-state index contributed by atoms with van der Waals surface area (Å²) < 4.78 is 24.1. The number of ether oxygens (including phenoxy) is 2. The summed E-state index contributed by atoms with van der Waals surface area (Å²) >= 11 is 0. The van der Waals surface area contributed by atoms with Crippen LogP contribution in [0.5, 0.6) is 11.5 Å². The molecular formula is C17H21FIN3O2. The first-order chi connectivity index (χ1) is 11.2. The van der Waals surface area contributed by atoms with Crippen LogP contribution in [0.1, 0.15) is 5.56 Å². The van der Waals surface area contributed by atoms with E-state index in [0.717, 1.165) is 5.69 Å². The topological polar surface area (TPSA) is 54.9 Å². The molecule has 0 heterocycles. The molecule has 0 amide bonds. The van der Waals surface area contributed by atoms with E-state index in [0.29, 0.717) is 29.6 Å². The van der Waals surface area contributed by atoms with Crippen molar-refractivity contribution in [1.29, 1.82) is 0 Å². The molecule has 2 aromatic carbocycles. The van der Waals surface area contributed by atoms with Gasteiger partial charge in [-0.3, -0.25) is 4.99 Å². The molecule has 0 saturated heterocycles. The Labute approximate surface area is 158 Å². The minimum absolute atomic E-state index is 0. The summed E-state index contributed by atoms with van der Waals surface area (Å²) in [6.07, 6.45) is 0. The van der Waals surface area contributed by atoms with Crippen LogP contribution in [0.4, 0.5) is 10.1 Å². The Hall–Kier alpha value is -2.03. The van der Waals surface area contributed by atoms with Crippen LogP contribution in [0.2, 0.25) is 0 Å². The monoisotopic (exact) mass is 445 g/mol. The van der Waals surface area contributed by atoms with Gasteiger partial charge in [0.05, 0.1) is 14.2 Å². The van der Waals surface area contributed by atoms with E-state index < -0.39 is 0 Å². The van der Waals surface area contributed by atoms with Gasteiger partial charge >= 0.3 is 0 Å². The van der Waals surface area contributed by atoms with Gasteiger partial charge in [-0.1, -0.05) is 18.2 Å². The zero-order valence-electron chi connectivity index (χ0n) is 13.8. The van der Waals surface area contributed by atoms with Gasteiger partial charge in [-0.05, 0) is 18.2 Å². The van der Waals surface area contributed by atoms with E-state index in [1.807, 2.05) is 6.07 Å². The third-order valence-corrected chi connectivity index (χ3v) is 3.27. The standard InChI is InChI=1S/C17H20FN3O2.HI/c1-19-17(20-11-12-6-4-5-7-14(12)18)21-13-8-9-15(22-2)16(10-13)23-3;/h4-10H,11H2,1-3H3,(H2,19,20,21);1H. The molecule has 0 atom stereocenters. The number of hydrogen-bond acceptors (Lipinski definition) is 3. The highest BCUT2D eigenvalue weighted by atomic mass is 127. The van der Waals surface area contributed by atoms with E-state index >= 15 is 0 Å². The van der Waals surface area contributed by atoms with E-state index in [1.165, 1.54) is 6.07 Å². The van der Waals surface area contributed by atoms with Crippen molar-refractivity contribution in [2.45, 2.75) is 6.54 Å². The lowest BCUT2D eigenvalue weighted by atomic mass is 10.2. The van der Waals surface area contributed by atoms with Crippen molar-refractivity contribution < 1.29 is 13.9 Å². The van der Waals surface area contributed by atoms with Gasteiger partial charge in [0.1, 0.15) is 5.82 Å². The highest BCUT2D eigenvalue weighted by molar-refractivity contribution is 14.0. The molecule has 0 fully saturated rings. The van der Waals surface area contributed by atoms with Gasteiger partial charge in [-0.25, -0.2) is 4.39 Å². The summed E-state index contributed by atoms with van der Waals surface area (Å²) in [7, 11) is 4.81. The van der Waals surface area contributed by atoms with Crippen molar-refractivity contribution >= 4 is 35.6 Å². The molecule has 0 aliphatic carbocycles. The smallest absolute Gasteiger partial charge is 0.195 e. The molecule has 0 saturated carbocycles. The lowest BCUT2D eigenvalue weighted by Crippen LogP contribution is -2.30. The van der Waals surface area contributed by atoms with Crippen molar-refractivity contribution in [3.8, 4) is 11.5 Å². The minimum Gasteiger partial charge on any atom is -0.493 e. The zero-order chi connectivity index (χ0) is 16.7. The Bertz CT molecular complexity index is 695. The molecule has 0 bridgehead atoms. The van der Waals surface area contributed by atoms with E-state index in [2.05, 4.69) is 15.6 Å². The molecule has 0 aromatic heterocycles. The zero-order valence-corrected chi connectivity index (χ0v) is 16.1. The summed E-state index contributed by atoms with van der Waals surface area (Å²) in [5, 5.41) is 6.19. The summed E-state index contributed by atoms with van der Waals surface area (Å²) in [5.74, 6) is 1.54. The Morgan fingerprint density at radius 3 is 2.42 bits per heavy atom. The van der Waals surface area contributed by atoms with Crippen molar-refractivity contribution in [1.82, 2.24) is 5.32 Å². The summed E-state index contributed by atoms with van der Waals surface area (Å²) in [6.45, 7) is 0.333. The first-order valence-corrected chi connectivity index (χ1v) is 7.11. The fraction of sp³-hybridized carbons (Fsp3) is 0.235. The third-order valence-electron chi connectivity index (χ3n) is 3.27. The van der Waals surface area contributed by atoms with Gasteiger partial charge in [0.25, 0.3) is 0 Å². The first kappa shape index (κ1) is 20.0. The van der Waals surface area contributed by atoms with Crippen LogP contribution in [0.3, 0.4) is 0 Å². The molecule has 0 unspecified atom stereocenters. The van der Waals surface area contributed by atoms with Gasteiger partial charge in [0.2, 0.25) is 0 Å². The molecule has 130 valence electrons. The number of aliphatic imine (C=N–C) groups is 1. The molecule has 0 spiro atoms. The van der Waals surface area contributed by atoms with Crippen molar-refractivity contribution in [2.75, 3.05) is 26.6 Å². The second kappa shape index (κ2) is 9.96. The van der Waals surface area contributed by atoms with Crippen LogP contribution in [0, 0.1) is 5.82 Å². The second-order valence-electron chi connectivity index (χ2n) is 4.71. The molecule has 0 radical (unpaired) electrons. The van der Waals surface area contributed by atoms with E-state index in [4.69, 9.17) is 9.47 Å². The number of anilines is 1.